The molecule has 1 saturated heterocycles. The molecular weight excluding hydrogens is 442 g/mol. The second-order valence-electron chi connectivity index (χ2n) is 10.0. The van der Waals surface area contributed by atoms with Crippen LogP contribution in [0, 0.1) is 0 Å². The van der Waals surface area contributed by atoms with Crippen LogP contribution in [0.2, 0.25) is 0 Å². The highest BCUT2D eigenvalue weighted by Crippen LogP contribution is 2.40. The molecule has 0 aliphatic carbocycles. The van der Waals surface area contributed by atoms with Crippen molar-refractivity contribution in [3.8, 4) is 17.0 Å². The molecule has 2 aliphatic heterocycles. The van der Waals surface area contributed by atoms with Crippen molar-refractivity contribution in [2.24, 2.45) is 0 Å². The number of benzene rings is 1. The largest absolute Gasteiger partial charge is 0.487 e. The van der Waals surface area contributed by atoms with Gasteiger partial charge in [-0.1, -0.05) is 0 Å². The first kappa shape index (κ1) is 23.5. The van der Waals surface area contributed by atoms with Crippen LogP contribution in [-0.2, 0) is 26.7 Å². The van der Waals surface area contributed by atoms with Gasteiger partial charge in [0.25, 0.3) is 0 Å². The Kier molecular flexibility index (Phi) is 6.11. The predicted octanol–water partition coefficient (Wildman–Crippen LogP) is 3.78. The number of ether oxygens (including phenoxy) is 2. The van der Waals surface area contributed by atoms with Gasteiger partial charge in [-0.25, -0.2) is 13.2 Å². The Labute approximate surface area is 195 Å². The number of aromatic nitrogens is 2. The Balaban J connectivity index is 1.41. The van der Waals surface area contributed by atoms with E-state index in [0.29, 0.717) is 24.5 Å². The van der Waals surface area contributed by atoms with Gasteiger partial charge in [0, 0.05) is 37.8 Å². The van der Waals surface area contributed by atoms with Gasteiger partial charge < -0.3 is 14.4 Å². The van der Waals surface area contributed by atoms with Crippen LogP contribution in [0.4, 0.5) is 4.79 Å². The van der Waals surface area contributed by atoms with Crippen molar-refractivity contribution in [1.29, 1.82) is 0 Å². The molecule has 1 amide bonds. The average Bonchev–Trinajstić information content (AvgIpc) is 2.72. The van der Waals surface area contributed by atoms with Gasteiger partial charge in [-0.15, -0.1) is 0 Å². The maximum atomic E-state index is 12.4. The molecule has 2 aromatic rings. The molecular formula is C24H31N3O5S. The molecule has 1 aromatic carbocycles. The molecule has 33 heavy (non-hydrogen) atoms. The van der Waals surface area contributed by atoms with Crippen LogP contribution in [-0.4, -0.2) is 59.9 Å². The summed E-state index contributed by atoms with van der Waals surface area (Å²) < 4.78 is 34.9. The van der Waals surface area contributed by atoms with E-state index in [4.69, 9.17) is 9.47 Å². The number of sulfone groups is 1. The third-order valence-corrected chi connectivity index (χ3v) is 6.79. The molecule has 4 rings (SSSR count). The standard InChI is InChI=1S/C24H31N3O5S/c1-23(2,3)32-22(28)27-11-9-24(10-12-27)8-7-18-13-17(5-6-21(18)31-24)20-15-25-19(14-26-20)16-33(4,29)30/h5-6,13-15H,7-12,16H2,1-4H3. The molecule has 1 spiro atoms. The fourth-order valence-corrected chi connectivity index (χ4v) is 4.99. The van der Waals surface area contributed by atoms with Crippen molar-refractivity contribution >= 4 is 15.9 Å². The number of carbonyl (C=O) groups is 1. The molecule has 8 nitrogen and oxygen atoms in total. The summed E-state index contributed by atoms with van der Waals surface area (Å²) in [6.45, 7) is 6.87. The van der Waals surface area contributed by atoms with Crippen molar-refractivity contribution in [1.82, 2.24) is 14.9 Å². The number of piperidine rings is 1. The second-order valence-corrected chi connectivity index (χ2v) is 12.2. The first-order valence-electron chi connectivity index (χ1n) is 11.2. The fourth-order valence-electron chi connectivity index (χ4n) is 4.30. The number of likely N-dealkylation sites (tertiary alicyclic amines) is 1. The minimum absolute atomic E-state index is 0.119. The number of hydrogen-bond acceptors (Lipinski definition) is 7. The quantitative estimate of drug-likeness (QED) is 0.669. The molecule has 2 aliphatic rings. The van der Waals surface area contributed by atoms with Crippen LogP contribution in [0.1, 0.15) is 51.3 Å². The Bertz CT molecular complexity index is 1130. The Morgan fingerprint density at radius 3 is 2.48 bits per heavy atom. The summed E-state index contributed by atoms with van der Waals surface area (Å²) >= 11 is 0. The SMILES string of the molecule is CC(C)(C)OC(=O)N1CCC2(CCc3cc(-c4cnc(CS(C)(=O)=O)cn4)ccc3O2)CC1. The average molecular weight is 474 g/mol. The van der Waals surface area contributed by atoms with E-state index in [0.717, 1.165) is 42.6 Å². The summed E-state index contributed by atoms with van der Waals surface area (Å²) in [6.07, 6.45) is 7.38. The normalized spacial score (nSPS) is 17.9. The van der Waals surface area contributed by atoms with Crippen molar-refractivity contribution in [3.63, 3.8) is 0 Å². The summed E-state index contributed by atoms with van der Waals surface area (Å²) in [5, 5.41) is 0. The second kappa shape index (κ2) is 8.59. The van der Waals surface area contributed by atoms with Crippen molar-refractivity contribution in [2.45, 2.75) is 63.4 Å². The van der Waals surface area contributed by atoms with Gasteiger partial charge in [0.15, 0.2) is 9.84 Å². The number of aryl methyl sites for hydroxylation is 1. The number of nitrogens with zero attached hydrogens (tertiary/aromatic N) is 3. The van der Waals surface area contributed by atoms with Gasteiger partial charge in [0.1, 0.15) is 17.0 Å². The Morgan fingerprint density at radius 2 is 1.88 bits per heavy atom. The molecule has 1 fully saturated rings. The molecule has 1 aromatic heterocycles. The lowest BCUT2D eigenvalue weighted by molar-refractivity contribution is -0.0272. The van der Waals surface area contributed by atoms with Crippen LogP contribution in [0.25, 0.3) is 11.3 Å². The molecule has 0 N–H and O–H groups in total. The third kappa shape index (κ3) is 5.82. The first-order valence-corrected chi connectivity index (χ1v) is 13.3. The minimum atomic E-state index is -3.14. The van der Waals surface area contributed by atoms with E-state index in [1.54, 1.807) is 11.1 Å². The molecule has 9 heteroatoms. The highest BCUT2D eigenvalue weighted by molar-refractivity contribution is 7.89. The molecule has 178 valence electrons. The van der Waals surface area contributed by atoms with Gasteiger partial charge in [0.2, 0.25) is 0 Å². The van der Waals surface area contributed by atoms with E-state index in [1.165, 1.54) is 12.5 Å². The number of hydrogen-bond donors (Lipinski definition) is 0. The monoisotopic (exact) mass is 473 g/mol. The highest BCUT2D eigenvalue weighted by Gasteiger charge is 2.41. The van der Waals surface area contributed by atoms with Crippen molar-refractivity contribution in [2.75, 3.05) is 19.3 Å². The zero-order valence-corrected chi connectivity index (χ0v) is 20.4. The van der Waals surface area contributed by atoms with Crippen LogP contribution in [0.15, 0.2) is 30.6 Å². The molecule has 0 bridgehead atoms. The van der Waals surface area contributed by atoms with Gasteiger partial charge in [-0.05, 0) is 57.4 Å². The lowest BCUT2D eigenvalue weighted by Crippen LogP contribution is -2.52. The van der Waals surface area contributed by atoms with Gasteiger partial charge in [0.05, 0.1) is 29.5 Å². The van der Waals surface area contributed by atoms with E-state index in [9.17, 15) is 13.2 Å². The summed E-state index contributed by atoms with van der Waals surface area (Å²) in [5.41, 5.74) is 2.42. The predicted molar refractivity (Wildman–Crippen MR) is 125 cm³/mol. The van der Waals surface area contributed by atoms with Gasteiger partial charge in [-0.3, -0.25) is 9.97 Å². The summed E-state index contributed by atoms with van der Waals surface area (Å²) in [7, 11) is -3.14. The Morgan fingerprint density at radius 1 is 1.15 bits per heavy atom. The Hall–Kier alpha value is -2.68. The summed E-state index contributed by atoms with van der Waals surface area (Å²) in [4.78, 5) is 22.8. The number of rotatable bonds is 3. The van der Waals surface area contributed by atoms with Crippen LogP contribution in [0.5, 0.6) is 5.75 Å². The smallest absolute Gasteiger partial charge is 0.410 e. The van der Waals surface area contributed by atoms with Gasteiger partial charge in [-0.2, -0.15) is 0 Å². The van der Waals surface area contributed by atoms with Crippen molar-refractivity contribution in [3.05, 3.63) is 41.9 Å². The van der Waals surface area contributed by atoms with E-state index in [1.807, 2.05) is 32.9 Å². The topological polar surface area (TPSA) is 98.7 Å². The van der Waals surface area contributed by atoms with Gasteiger partial charge >= 0.3 is 6.09 Å². The summed E-state index contributed by atoms with van der Waals surface area (Å²) in [6, 6.07) is 5.99. The van der Waals surface area contributed by atoms with E-state index >= 15 is 0 Å². The minimum Gasteiger partial charge on any atom is -0.487 e. The molecule has 3 heterocycles. The van der Waals surface area contributed by atoms with Crippen LogP contribution >= 0.6 is 0 Å². The maximum Gasteiger partial charge on any atom is 0.410 e. The number of carbonyl (C=O) groups excluding carboxylic acids is 1. The zero-order valence-electron chi connectivity index (χ0n) is 19.6. The fraction of sp³-hybridized carbons (Fsp3) is 0.542. The molecule has 0 unspecified atom stereocenters. The molecule has 0 saturated carbocycles. The van der Waals surface area contributed by atoms with Crippen molar-refractivity contribution < 1.29 is 22.7 Å². The first-order chi connectivity index (χ1) is 15.4. The third-order valence-electron chi connectivity index (χ3n) is 5.97. The van der Waals surface area contributed by atoms with Crippen LogP contribution < -0.4 is 4.74 Å². The zero-order chi connectivity index (χ0) is 23.9. The lowest BCUT2D eigenvalue weighted by atomic mass is 9.83. The van der Waals surface area contributed by atoms with E-state index < -0.39 is 15.4 Å². The maximum absolute atomic E-state index is 12.4. The molecule has 0 radical (unpaired) electrons. The van der Waals surface area contributed by atoms with Crippen LogP contribution in [0.3, 0.4) is 0 Å². The van der Waals surface area contributed by atoms with E-state index in [-0.39, 0.29) is 17.4 Å². The van der Waals surface area contributed by atoms with E-state index in [2.05, 4.69) is 16.0 Å². The highest BCUT2D eigenvalue weighted by atomic mass is 32.2. The molecule has 0 atom stereocenters. The lowest BCUT2D eigenvalue weighted by Gasteiger charge is -2.44. The number of fused-ring (bicyclic) bond motifs is 1. The number of amides is 1. The summed E-state index contributed by atoms with van der Waals surface area (Å²) in [5.74, 6) is 0.753.